The lowest BCUT2D eigenvalue weighted by Gasteiger charge is -2.46. The monoisotopic (exact) mass is 1210 g/mol. The minimum atomic E-state index is -0.417. The first-order valence-electron chi connectivity index (χ1n) is 33.4. The highest BCUT2D eigenvalue weighted by molar-refractivity contribution is 7.00. The van der Waals surface area contributed by atoms with E-state index in [1.807, 2.05) is 0 Å². The van der Waals surface area contributed by atoms with Crippen LogP contribution in [-0.2, 0) is 21.7 Å². The molecule has 15 rings (SSSR count). The number of fused-ring (bicyclic) bond motifs is 4. The molecular weight excluding hydrogens is 1130 g/mol. The number of benzene rings is 13. The summed E-state index contributed by atoms with van der Waals surface area (Å²) in [4.78, 5) is 5.32. The molecule has 0 spiro atoms. The van der Waals surface area contributed by atoms with Crippen LogP contribution in [0.1, 0.15) is 105 Å². The molecule has 0 radical (unpaired) electrons. The smallest absolute Gasteiger partial charge is 0.252 e. The molecule has 0 unspecified atom stereocenters. The van der Waals surface area contributed by atoms with E-state index in [2.05, 4.69) is 388 Å². The zero-order valence-electron chi connectivity index (χ0n) is 55.5. The van der Waals surface area contributed by atoms with Crippen molar-refractivity contribution in [3.8, 4) is 44.5 Å². The first-order chi connectivity index (χ1) is 45.6. The van der Waals surface area contributed by atoms with Crippen LogP contribution in [0.2, 0.25) is 0 Å². The van der Waals surface area contributed by atoms with Crippen molar-refractivity contribution in [3.63, 3.8) is 0 Å². The molecule has 2 nitrogen and oxygen atoms in total. The second kappa shape index (κ2) is 23.6. The molecule has 0 aromatic heterocycles. The highest BCUT2D eigenvalue weighted by atomic mass is 15.2. The summed E-state index contributed by atoms with van der Waals surface area (Å²) in [6, 6.07) is 119. The van der Waals surface area contributed by atoms with E-state index in [-0.39, 0.29) is 17.5 Å². The normalized spacial score (nSPS) is 12.9. The molecule has 2 heterocycles. The molecule has 13 aromatic rings. The molecule has 0 atom stereocenters. The standard InChI is InChI=1S/C91H79BN2/c1-62-54-85-87-86(55-62)94(72-51-53-74(64-36-20-11-21-37-64)78(57-72)89(4,5)68-44-28-15-29-45-68)84-61-80(91(8,9)70-48-32-17-33-49-70)76(66-40-24-13-25-41-66)59-82(84)92(87)81-58-75(65-38-22-12-23-39-65)79(90(6,7)69-46-30-16-31-47-69)60-83(81)93(85)71-50-52-73(63-34-18-10-19-35-63)77(56-71)88(2,3)67-42-26-14-27-43-67/h10-61H,1-9H3. The van der Waals surface area contributed by atoms with E-state index >= 15 is 0 Å². The Labute approximate surface area is 557 Å². The van der Waals surface area contributed by atoms with Crippen molar-refractivity contribution in [1.82, 2.24) is 0 Å². The van der Waals surface area contributed by atoms with Crippen LogP contribution in [0.5, 0.6) is 0 Å². The fourth-order valence-corrected chi connectivity index (χ4v) is 15.7. The highest BCUT2D eigenvalue weighted by Gasteiger charge is 2.47. The first-order valence-corrected chi connectivity index (χ1v) is 33.4. The van der Waals surface area contributed by atoms with Crippen LogP contribution in [0.3, 0.4) is 0 Å². The minimum Gasteiger partial charge on any atom is -0.311 e. The predicted molar refractivity (Wildman–Crippen MR) is 401 cm³/mol. The summed E-state index contributed by atoms with van der Waals surface area (Å²) in [6.45, 7) is 21.4. The van der Waals surface area contributed by atoms with Crippen LogP contribution in [0.25, 0.3) is 44.5 Å². The molecule has 0 bridgehead atoms. The molecule has 456 valence electrons. The van der Waals surface area contributed by atoms with Crippen LogP contribution in [0.15, 0.2) is 315 Å². The summed E-state index contributed by atoms with van der Waals surface area (Å²) in [5.74, 6) is 0. The van der Waals surface area contributed by atoms with E-state index in [0.29, 0.717) is 0 Å². The van der Waals surface area contributed by atoms with E-state index in [9.17, 15) is 0 Å². The average Bonchev–Trinajstić information content (AvgIpc) is 0.688. The average molecular weight is 1210 g/mol. The van der Waals surface area contributed by atoms with Crippen LogP contribution in [-0.4, -0.2) is 6.71 Å². The molecule has 13 aromatic carbocycles. The third kappa shape index (κ3) is 10.2. The van der Waals surface area contributed by atoms with Crippen molar-refractivity contribution in [2.75, 3.05) is 9.80 Å². The molecule has 3 heteroatoms. The van der Waals surface area contributed by atoms with E-state index < -0.39 is 10.8 Å². The van der Waals surface area contributed by atoms with Crippen molar-refractivity contribution in [1.29, 1.82) is 0 Å². The Morgan fingerprint density at radius 3 is 0.787 bits per heavy atom. The Hall–Kier alpha value is -10.5. The summed E-state index contributed by atoms with van der Waals surface area (Å²) >= 11 is 0. The Balaban J connectivity index is 1.09. The number of anilines is 6. The summed E-state index contributed by atoms with van der Waals surface area (Å²) in [6.07, 6.45) is 0. The lowest BCUT2D eigenvalue weighted by atomic mass is 9.33. The summed E-state index contributed by atoms with van der Waals surface area (Å²) in [5.41, 5.74) is 30.1. The van der Waals surface area contributed by atoms with Gasteiger partial charge < -0.3 is 9.80 Å². The van der Waals surface area contributed by atoms with Gasteiger partial charge >= 0.3 is 0 Å². The van der Waals surface area contributed by atoms with Gasteiger partial charge in [-0.1, -0.05) is 322 Å². The van der Waals surface area contributed by atoms with Gasteiger partial charge in [0.25, 0.3) is 6.71 Å². The second-order valence-electron chi connectivity index (χ2n) is 28.1. The maximum Gasteiger partial charge on any atom is 0.252 e. The van der Waals surface area contributed by atoms with E-state index in [4.69, 9.17) is 0 Å². The van der Waals surface area contributed by atoms with Gasteiger partial charge in [-0.2, -0.15) is 0 Å². The quantitative estimate of drug-likeness (QED) is 0.100. The molecule has 0 saturated heterocycles. The first kappa shape index (κ1) is 59.8. The van der Waals surface area contributed by atoms with Gasteiger partial charge in [-0.25, -0.2) is 0 Å². The summed E-state index contributed by atoms with van der Waals surface area (Å²) in [7, 11) is 0. The molecule has 0 amide bonds. The zero-order chi connectivity index (χ0) is 64.5. The fourth-order valence-electron chi connectivity index (χ4n) is 15.7. The Morgan fingerprint density at radius 2 is 0.500 bits per heavy atom. The van der Waals surface area contributed by atoms with Gasteiger partial charge in [0.1, 0.15) is 0 Å². The van der Waals surface area contributed by atoms with Gasteiger partial charge in [-0.05, 0) is 166 Å². The Kier molecular flexibility index (Phi) is 15.0. The van der Waals surface area contributed by atoms with Gasteiger partial charge in [0.05, 0.1) is 0 Å². The number of hydrogen-bond acceptors (Lipinski definition) is 2. The van der Waals surface area contributed by atoms with E-state index in [1.54, 1.807) is 0 Å². The lowest BCUT2D eigenvalue weighted by molar-refractivity contribution is 0.642. The molecule has 0 N–H and O–H groups in total. The summed E-state index contributed by atoms with van der Waals surface area (Å²) in [5, 5.41) is 0. The van der Waals surface area contributed by atoms with Crippen LogP contribution < -0.4 is 26.2 Å². The molecular formula is C91H79BN2. The molecule has 2 aliphatic rings. The van der Waals surface area contributed by atoms with Gasteiger partial charge in [-0.3, -0.25) is 0 Å². The van der Waals surface area contributed by atoms with Crippen molar-refractivity contribution in [3.05, 3.63) is 366 Å². The van der Waals surface area contributed by atoms with Crippen molar-refractivity contribution >= 4 is 57.2 Å². The topological polar surface area (TPSA) is 6.48 Å². The SMILES string of the molecule is Cc1cc2c3c(c1)N(c1ccc(-c4ccccc4)c(C(C)(C)c4ccccc4)c1)c1cc(C(C)(C)c4ccccc4)c(-c4ccccc4)cc1B3c1cc(-c3ccccc3)c(C(C)(C)c3ccccc3)cc1N2c1ccc(-c2ccccc2)c(C(C)(C)c2ccccc2)c1. The Morgan fingerprint density at radius 1 is 0.245 bits per heavy atom. The number of rotatable bonds is 14. The number of aryl methyl sites for hydroxylation is 1. The zero-order valence-corrected chi connectivity index (χ0v) is 55.5. The van der Waals surface area contributed by atoms with Gasteiger partial charge in [0.15, 0.2) is 0 Å². The second-order valence-corrected chi connectivity index (χ2v) is 28.1. The molecule has 2 aliphatic heterocycles. The van der Waals surface area contributed by atoms with Gasteiger partial charge in [0, 0.05) is 55.8 Å². The van der Waals surface area contributed by atoms with E-state index in [1.165, 1.54) is 134 Å². The maximum absolute atomic E-state index is 2.66. The summed E-state index contributed by atoms with van der Waals surface area (Å²) < 4.78 is 0. The predicted octanol–water partition coefficient (Wildman–Crippen LogP) is 22.0. The molecule has 0 aliphatic carbocycles. The van der Waals surface area contributed by atoms with E-state index in [0.717, 1.165) is 11.4 Å². The van der Waals surface area contributed by atoms with Crippen LogP contribution >= 0.6 is 0 Å². The minimum absolute atomic E-state index is 0.205. The van der Waals surface area contributed by atoms with Crippen molar-refractivity contribution in [2.45, 2.75) is 84.0 Å². The van der Waals surface area contributed by atoms with Crippen molar-refractivity contribution in [2.24, 2.45) is 0 Å². The third-order valence-corrected chi connectivity index (χ3v) is 21.0. The third-order valence-electron chi connectivity index (χ3n) is 21.0. The van der Waals surface area contributed by atoms with Crippen LogP contribution in [0, 0.1) is 6.92 Å². The van der Waals surface area contributed by atoms with Crippen molar-refractivity contribution < 1.29 is 0 Å². The lowest BCUT2D eigenvalue weighted by Crippen LogP contribution is -2.61. The molecule has 0 saturated carbocycles. The maximum atomic E-state index is 2.66. The van der Waals surface area contributed by atoms with Gasteiger partial charge in [0.2, 0.25) is 0 Å². The molecule has 0 fully saturated rings. The number of nitrogens with zero attached hydrogens (tertiary/aromatic N) is 2. The number of hydrogen-bond donors (Lipinski definition) is 0. The highest BCUT2D eigenvalue weighted by Crippen LogP contribution is 2.53. The molecule has 94 heavy (non-hydrogen) atoms. The van der Waals surface area contributed by atoms with Crippen LogP contribution in [0.4, 0.5) is 34.1 Å². The largest absolute Gasteiger partial charge is 0.311 e. The Bertz CT molecular complexity index is 4620. The van der Waals surface area contributed by atoms with Gasteiger partial charge in [-0.15, -0.1) is 0 Å². The fraction of sp³-hybridized carbons (Fsp3) is 0.143.